The van der Waals surface area contributed by atoms with Crippen LogP contribution in [0.5, 0.6) is 6.01 Å². The molecule has 2 aromatic heterocycles. The highest BCUT2D eigenvalue weighted by Gasteiger charge is 2.34. The molecule has 2 N–H and O–H groups in total. The molecular weight excluding hydrogens is 573 g/mol. The molecule has 2 aromatic carbocycles. The van der Waals surface area contributed by atoms with Gasteiger partial charge in [0.05, 0.1) is 35.7 Å². The normalized spacial score (nSPS) is 20.6. The molecule has 1 amide bonds. The lowest BCUT2D eigenvalue weighted by Crippen LogP contribution is -2.55. The average Bonchev–Trinajstić information content (AvgIpc) is 3.58. The second kappa shape index (κ2) is 11.7. The van der Waals surface area contributed by atoms with Crippen LogP contribution in [0.1, 0.15) is 43.6 Å². The number of nitrogens with zero attached hydrogens (tertiary/aromatic N) is 6. The quantitative estimate of drug-likeness (QED) is 0.211. The second-order valence-corrected chi connectivity index (χ2v) is 12.3. The third-order valence-electron chi connectivity index (χ3n) is 9.43. The molecule has 4 heterocycles. The smallest absolute Gasteiger partial charge is 0.319 e. The number of nitriles is 1. The maximum absolute atomic E-state index is 15.4. The molecule has 3 fully saturated rings. The van der Waals surface area contributed by atoms with Crippen LogP contribution in [0.3, 0.4) is 0 Å². The van der Waals surface area contributed by atoms with E-state index in [1.54, 1.807) is 11.2 Å². The fourth-order valence-electron chi connectivity index (χ4n) is 6.96. The number of ether oxygens (including phenoxy) is 1. The maximum Gasteiger partial charge on any atom is 0.319 e. The molecule has 0 unspecified atom stereocenters. The number of aromatic nitrogens is 2. The number of likely N-dealkylation sites (tertiary alicyclic amines) is 1. The molecular formula is C34H36FN7O3. The van der Waals surface area contributed by atoms with Crippen LogP contribution in [0.15, 0.2) is 47.6 Å². The zero-order valence-electron chi connectivity index (χ0n) is 25.3. The molecule has 0 spiro atoms. The van der Waals surface area contributed by atoms with Crippen molar-refractivity contribution in [2.24, 2.45) is 0 Å². The number of anilines is 2. The van der Waals surface area contributed by atoms with Crippen LogP contribution in [-0.2, 0) is 4.79 Å². The van der Waals surface area contributed by atoms with E-state index in [9.17, 15) is 10.1 Å². The predicted octanol–water partition coefficient (Wildman–Crippen LogP) is 5.23. The Hall–Kier alpha value is -4.69. The number of piperazine rings is 1. The van der Waals surface area contributed by atoms with Crippen molar-refractivity contribution in [1.82, 2.24) is 19.8 Å². The van der Waals surface area contributed by atoms with Gasteiger partial charge in [-0.3, -0.25) is 4.79 Å². The number of furan rings is 1. The molecule has 232 valence electrons. The summed E-state index contributed by atoms with van der Waals surface area (Å²) in [5.74, 6) is 0.253. The van der Waals surface area contributed by atoms with E-state index in [1.807, 2.05) is 18.2 Å². The summed E-state index contributed by atoms with van der Waals surface area (Å²) in [4.78, 5) is 28.5. The largest absolute Gasteiger partial charge is 0.463 e. The van der Waals surface area contributed by atoms with Crippen LogP contribution < -0.4 is 15.4 Å². The summed E-state index contributed by atoms with van der Waals surface area (Å²) < 4.78 is 27.8. The number of nitrogens with two attached hydrogens (primary N) is 1. The van der Waals surface area contributed by atoms with Gasteiger partial charge >= 0.3 is 6.01 Å². The Labute approximate surface area is 260 Å². The van der Waals surface area contributed by atoms with Gasteiger partial charge in [-0.2, -0.15) is 15.2 Å². The van der Waals surface area contributed by atoms with Crippen LogP contribution >= 0.6 is 0 Å². The highest BCUT2D eigenvalue weighted by molar-refractivity contribution is 6.14. The number of carbonyl (C=O) groups is 1. The Kier molecular flexibility index (Phi) is 7.53. The average molecular weight is 610 g/mol. The predicted molar refractivity (Wildman–Crippen MR) is 170 cm³/mol. The minimum atomic E-state index is -0.349. The Morgan fingerprint density at radius 1 is 1.20 bits per heavy atom. The van der Waals surface area contributed by atoms with Crippen molar-refractivity contribution in [3.8, 4) is 23.2 Å². The van der Waals surface area contributed by atoms with Crippen molar-refractivity contribution in [3.05, 3.63) is 54.6 Å². The number of hydrogen-bond donors (Lipinski definition) is 1. The molecule has 4 aromatic rings. The van der Waals surface area contributed by atoms with E-state index in [2.05, 4.69) is 29.5 Å². The third-order valence-corrected chi connectivity index (χ3v) is 9.43. The lowest BCUT2D eigenvalue weighted by atomic mass is 9.92. The molecule has 11 heteroatoms. The summed E-state index contributed by atoms with van der Waals surface area (Å²) in [5, 5.41) is 11.1. The minimum Gasteiger partial charge on any atom is -0.463 e. The molecule has 7 rings (SSSR count). The number of benzene rings is 2. The maximum atomic E-state index is 15.4. The number of hydrogen-bond acceptors (Lipinski definition) is 9. The van der Waals surface area contributed by atoms with Crippen LogP contribution in [0.25, 0.3) is 33.0 Å². The van der Waals surface area contributed by atoms with E-state index >= 15 is 4.39 Å². The van der Waals surface area contributed by atoms with Crippen molar-refractivity contribution in [2.75, 3.05) is 50.5 Å². The van der Waals surface area contributed by atoms with Crippen LogP contribution in [0.2, 0.25) is 0 Å². The van der Waals surface area contributed by atoms with Crippen molar-refractivity contribution < 1.29 is 18.3 Å². The summed E-state index contributed by atoms with van der Waals surface area (Å²) >= 11 is 0. The zero-order chi connectivity index (χ0) is 31.2. The first-order valence-electron chi connectivity index (χ1n) is 15.6. The molecule has 0 radical (unpaired) electrons. The Morgan fingerprint density at radius 3 is 2.78 bits per heavy atom. The van der Waals surface area contributed by atoms with E-state index in [1.165, 1.54) is 12.1 Å². The van der Waals surface area contributed by atoms with Gasteiger partial charge in [0.25, 0.3) is 0 Å². The van der Waals surface area contributed by atoms with Gasteiger partial charge in [0.1, 0.15) is 23.8 Å². The van der Waals surface area contributed by atoms with Crippen LogP contribution in [-0.4, -0.2) is 77.6 Å². The summed E-state index contributed by atoms with van der Waals surface area (Å²) in [6.07, 6.45) is 7.09. The highest BCUT2D eigenvalue weighted by Crippen LogP contribution is 2.49. The van der Waals surface area contributed by atoms with Crippen LogP contribution in [0.4, 0.5) is 15.9 Å². The van der Waals surface area contributed by atoms with Gasteiger partial charge in [0.2, 0.25) is 5.91 Å². The Bertz CT molecular complexity index is 1850. The lowest BCUT2D eigenvalue weighted by Gasteiger charge is -2.41. The topological polar surface area (TPSA) is 125 Å². The van der Waals surface area contributed by atoms with Gasteiger partial charge in [-0.15, -0.1) is 0 Å². The van der Waals surface area contributed by atoms with E-state index in [4.69, 9.17) is 24.9 Å². The fourth-order valence-corrected chi connectivity index (χ4v) is 6.96. The van der Waals surface area contributed by atoms with Gasteiger partial charge in [-0.05, 0) is 92.2 Å². The molecule has 45 heavy (non-hydrogen) atoms. The van der Waals surface area contributed by atoms with Crippen molar-refractivity contribution in [2.45, 2.75) is 50.1 Å². The summed E-state index contributed by atoms with van der Waals surface area (Å²) in [7, 11) is 2.09. The number of carbonyl (C=O) groups excluding carboxylic acids is 1. The minimum absolute atomic E-state index is 0.146. The van der Waals surface area contributed by atoms with E-state index < -0.39 is 0 Å². The Balaban J connectivity index is 1.39. The van der Waals surface area contributed by atoms with Gasteiger partial charge in [0, 0.05) is 36.7 Å². The molecule has 1 aliphatic carbocycles. The SMILES string of the molecule is C=CC(=O)N1CCN(c2nc(OC[C@@H]3CCCN3C)nc3cc(-c4cc(N)cc(F)c4C4CC4)c4ccoc4c23)C[C@@H]1CC#N. The van der Waals surface area contributed by atoms with Crippen LogP contribution in [0, 0.1) is 17.1 Å². The number of nitrogen functional groups attached to an aromatic ring is 1. The van der Waals surface area contributed by atoms with Gasteiger partial charge in [0.15, 0.2) is 0 Å². The summed E-state index contributed by atoms with van der Waals surface area (Å²) in [5.41, 5.74) is 9.90. The molecule has 2 aliphatic heterocycles. The molecule has 2 atom stereocenters. The zero-order valence-corrected chi connectivity index (χ0v) is 25.3. The summed E-state index contributed by atoms with van der Waals surface area (Å²) in [6, 6.07) is 9.44. The highest BCUT2D eigenvalue weighted by atomic mass is 19.1. The Morgan fingerprint density at radius 2 is 2.04 bits per heavy atom. The number of halogens is 1. The van der Waals surface area contributed by atoms with Crippen molar-refractivity contribution >= 4 is 39.3 Å². The first-order valence-corrected chi connectivity index (χ1v) is 15.6. The molecule has 0 bridgehead atoms. The molecule has 1 saturated carbocycles. The molecule has 2 saturated heterocycles. The van der Waals surface area contributed by atoms with Gasteiger partial charge in [-0.25, -0.2) is 4.39 Å². The standard InChI is InChI=1S/C34H36FN7O3/c1-3-29(43)42-13-12-41(18-22(42)8-10-36)33-31-28(38-34(39-33)45-19-23-5-4-11-40(23)2)17-25(24-9-14-44-32(24)31)26-15-21(37)16-27(35)30(26)20-6-7-20/h3,9,14-17,20,22-23H,1,4-8,11-13,18-19,37H2,2H3/t22-,23-/m0/s1. The number of likely N-dealkylation sites (N-methyl/N-ethyl adjacent to an activating group) is 1. The number of amides is 1. The fraction of sp³-hybridized carbons (Fsp3) is 0.412. The van der Waals surface area contributed by atoms with E-state index in [0.717, 1.165) is 48.7 Å². The second-order valence-electron chi connectivity index (χ2n) is 12.3. The van der Waals surface area contributed by atoms with E-state index in [-0.39, 0.29) is 42.2 Å². The first-order chi connectivity index (χ1) is 21.9. The monoisotopic (exact) mass is 609 g/mol. The lowest BCUT2D eigenvalue weighted by molar-refractivity contribution is -0.128. The van der Waals surface area contributed by atoms with E-state index in [0.29, 0.717) is 59.8 Å². The summed E-state index contributed by atoms with van der Waals surface area (Å²) in [6.45, 7) is 6.38. The van der Waals surface area contributed by atoms with Crippen molar-refractivity contribution in [1.29, 1.82) is 5.26 Å². The van der Waals surface area contributed by atoms with Crippen molar-refractivity contribution in [3.63, 3.8) is 0 Å². The first kappa shape index (κ1) is 29.0. The van der Waals surface area contributed by atoms with Gasteiger partial charge < -0.3 is 29.6 Å². The third kappa shape index (κ3) is 5.33. The molecule has 10 nitrogen and oxygen atoms in total. The number of rotatable bonds is 8. The number of fused-ring (bicyclic) bond motifs is 3. The van der Waals surface area contributed by atoms with Gasteiger partial charge in [-0.1, -0.05) is 6.58 Å². The molecule has 3 aliphatic rings.